The molecule has 17 heavy (non-hydrogen) atoms. The highest BCUT2D eigenvalue weighted by molar-refractivity contribution is 5.74. The second kappa shape index (κ2) is 4.65. The van der Waals surface area contributed by atoms with E-state index in [0.29, 0.717) is 17.2 Å². The topological polar surface area (TPSA) is 63.8 Å². The molecule has 2 heterocycles. The standard InChI is InChI=1S/C13H14N4/c1-9-11(14)6-8-16-13(9)17-10(2)12-5-3-4-7-15-12/h3-8H,2H2,1H3,(H3,14,16,17). The fourth-order valence-electron chi connectivity index (χ4n) is 1.42. The van der Waals surface area contributed by atoms with Gasteiger partial charge in [-0.15, -0.1) is 0 Å². The van der Waals surface area contributed by atoms with E-state index in [1.54, 1.807) is 18.5 Å². The Morgan fingerprint density at radius 1 is 1.24 bits per heavy atom. The number of nitrogens with zero attached hydrogens (tertiary/aromatic N) is 2. The number of nitrogens with one attached hydrogen (secondary N) is 1. The summed E-state index contributed by atoms with van der Waals surface area (Å²) in [5, 5.41) is 3.12. The molecule has 2 aromatic rings. The van der Waals surface area contributed by atoms with Gasteiger partial charge in [-0.05, 0) is 25.1 Å². The molecule has 0 aliphatic heterocycles. The summed E-state index contributed by atoms with van der Waals surface area (Å²) in [6.07, 6.45) is 3.39. The van der Waals surface area contributed by atoms with Crippen LogP contribution in [0.3, 0.4) is 0 Å². The van der Waals surface area contributed by atoms with Crippen LogP contribution in [-0.2, 0) is 0 Å². The van der Waals surface area contributed by atoms with Crippen LogP contribution in [0.5, 0.6) is 0 Å². The lowest BCUT2D eigenvalue weighted by Gasteiger charge is -2.11. The van der Waals surface area contributed by atoms with Gasteiger partial charge in [0.2, 0.25) is 0 Å². The van der Waals surface area contributed by atoms with Gasteiger partial charge in [0, 0.05) is 23.6 Å². The van der Waals surface area contributed by atoms with Crippen LogP contribution in [-0.4, -0.2) is 9.97 Å². The maximum absolute atomic E-state index is 5.81. The predicted octanol–water partition coefficient (Wildman–Crippen LogP) is 2.45. The lowest BCUT2D eigenvalue weighted by molar-refractivity contribution is 1.23. The van der Waals surface area contributed by atoms with Gasteiger partial charge in [-0.1, -0.05) is 12.6 Å². The van der Waals surface area contributed by atoms with Crippen molar-refractivity contribution in [3.63, 3.8) is 0 Å². The van der Waals surface area contributed by atoms with Gasteiger partial charge in [0.25, 0.3) is 0 Å². The van der Waals surface area contributed by atoms with E-state index >= 15 is 0 Å². The Morgan fingerprint density at radius 3 is 2.76 bits per heavy atom. The number of nitrogens with two attached hydrogens (primary N) is 1. The third-order valence-electron chi connectivity index (χ3n) is 2.49. The van der Waals surface area contributed by atoms with Crippen LogP contribution in [0.4, 0.5) is 11.5 Å². The van der Waals surface area contributed by atoms with Crippen molar-refractivity contribution >= 4 is 17.2 Å². The fraction of sp³-hybridized carbons (Fsp3) is 0.0769. The molecule has 0 bridgehead atoms. The first-order valence-electron chi connectivity index (χ1n) is 5.27. The molecule has 0 spiro atoms. The highest BCUT2D eigenvalue weighted by atomic mass is 15.0. The van der Waals surface area contributed by atoms with Crippen LogP contribution in [0, 0.1) is 6.92 Å². The highest BCUT2D eigenvalue weighted by Gasteiger charge is 2.05. The number of rotatable bonds is 3. The van der Waals surface area contributed by atoms with Gasteiger partial charge in [0.05, 0.1) is 11.4 Å². The Morgan fingerprint density at radius 2 is 2.06 bits per heavy atom. The first-order chi connectivity index (χ1) is 8.18. The SMILES string of the molecule is C=C(Nc1nccc(N)c1C)c1ccccn1. The quantitative estimate of drug-likeness (QED) is 0.843. The molecule has 0 atom stereocenters. The Bertz CT molecular complexity index is 534. The molecule has 0 aliphatic rings. The average molecular weight is 226 g/mol. The van der Waals surface area contributed by atoms with E-state index in [9.17, 15) is 0 Å². The highest BCUT2D eigenvalue weighted by Crippen LogP contribution is 2.20. The van der Waals surface area contributed by atoms with Crippen molar-refractivity contribution in [1.29, 1.82) is 0 Å². The lowest BCUT2D eigenvalue weighted by Crippen LogP contribution is -2.04. The summed E-state index contributed by atoms with van der Waals surface area (Å²) in [5.41, 5.74) is 8.91. The summed E-state index contributed by atoms with van der Waals surface area (Å²) in [5.74, 6) is 0.709. The van der Waals surface area contributed by atoms with Crippen LogP contribution in [0.25, 0.3) is 5.70 Å². The van der Waals surface area contributed by atoms with Crippen molar-refractivity contribution in [2.45, 2.75) is 6.92 Å². The summed E-state index contributed by atoms with van der Waals surface area (Å²) in [6.45, 7) is 5.85. The first-order valence-corrected chi connectivity index (χ1v) is 5.27. The van der Waals surface area contributed by atoms with Gasteiger partial charge in [0.1, 0.15) is 5.82 Å². The summed E-state index contributed by atoms with van der Waals surface area (Å²) in [7, 11) is 0. The minimum absolute atomic E-state index is 0.701. The summed E-state index contributed by atoms with van der Waals surface area (Å²) < 4.78 is 0. The first kappa shape index (κ1) is 11.1. The molecule has 4 heteroatoms. The molecule has 0 aromatic carbocycles. The molecule has 0 amide bonds. The minimum Gasteiger partial charge on any atom is -0.398 e. The Kier molecular flexibility index (Phi) is 3.05. The van der Waals surface area contributed by atoms with E-state index in [1.165, 1.54) is 0 Å². The number of aromatic nitrogens is 2. The minimum atomic E-state index is 0.701. The van der Waals surface area contributed by atoms with E-state index in [-0.39, 0.29) is 0 Å². The van der Waals surface area contributed by atoms with Crippen LogP contribution in [0.1, 0.15) is 11.3 Å². The molecule has 0 unspecified atom stereocenters. The third kappa shape index (κ3) is 2.42. The lowest BCUT2D eigenvalue weighted by atomic mass is 10.2. The van der Waals surface area contributed by atoms with Gasteiger partial charge in [-0.25, -0.2) is 4.98 Å². The van der Waals surface area contributed by atoms with Crippen LogP contribution < -0.4 is 11.1 Å². The monoisotopic (exact) mass is 226 g/mol. The summed E-state index contributed by atoms with van der Waals surface area (Å²) >= 11 is 0. The van der Waals surface area contributed by atoms with E-state index in [0.717, 1.165) is 11.3 Å². The van der Waals surface area contributed by atoms with Crippen molar-refractivity contribution in [1.82, 2.24) is 9.97 Å². The molecular formula is C13H14N4. The fourth-order valence-corrected chi connectivity index (χ4v) is 1.42. The normalized spacial score (nSPS) is 9.94. The van der Waals surface area contributed by atoms with E-state index in [2.05, 4.69) is 21.9 Å². The van der Waals surface area contributed by atoms with Crippen LogP contribution in [0.15, 0.2) is 43.2 Å². The van der Waals surface area contributed by atoms with Crippen molar-refractivity contribution in [2.75, 3.05) is 11.1 Å². The number of nitrogen functional groups attached to an aromatic ring is 1. The third-order valence-corrected chi connectivity index (χ3v) is 2.49. The molecule has 2 rings (SSSR count). The number of anilines is 2. The number of hydrogen-bond donors (Lipinski definition) is 2. The van der Waals surface area contributed by atoms with Gasteiger partial charge in [-0.2, -0.15) is 0 Å². The molecule has 0 aliphatic carbocycles. The van der Waals surface area contributed by atoms with E-state index in [1.807, 2.05) is 25.1 Å². The van der Waals surface area contributed by atoms with Crippen molar-refractivity contribution in [3.05, 3.63) is 54.5 Å². The zero-order valence-corrected chi connectivity index (χ0v) is 9.64. The van der Waals surface area contributed by atoms with E-state index in [4.69, 9.17) is 5.73 Å². The van der Waals surface area contributed by atoms with Crippen LogP contribution >= 0.6 is 0 Å². The number of hydrogen-bond acceptors (Lipinski definition) is 4. The molecule has 0 saturated carbocycles. The average Bonchev–Trinajstić information content (AvgIpc) is 2.36. The van der Waals surface area contributed by atoms with Gasteiger partial charge in [0.15, 0.2) is 0 Å². The van der Waals surface area contributed by atoms with Gasteiger partial charge < -0.3 is 11.1 Å². The zero-order chi connectivity index (χ0) is 12.3. The van der Waals surface area contributed by atoms with Crippen molar-refractivity contribution in [3.8, 4) is 0 Å². The second-order valence-corrected chi connectivity index (χ2v) is 3.69. The van der Waals surface area contributed by atoms with E-state index < -0.39 is 0 Å². The van der Waals surface area contributed by atoms with Crippen molar-refractivity contribution < 1.29 is 0 Å². The largest absolute Gasteiger partial charge is 0.398 e. The molecule has 3 N–H and O–H groups in total. The maximum atomic E-state index is 5.81. The molecule has 0 fully saturated rings. The Labute approximate surface area is 100 Å². The molecule has 0 saturated heterocycles. The second-order valence-electron chi connectivity index (χ2n) is 3.69. The molecule has 86 valence electrons. The van der Waals surface area contributed by atoms with Crippen molar-refractivity contribution in [2.24, 2.45) is 0 Å². The molecule has 0 radical (unpaired) electrons. The zero-order valence-electron chi connectivity index (χ0n) is 9.64. The molecule has 4 nitrogen and oxygen atoms in total. The smallest absolute Gasteiger partial charge is 0.135 e. The summed E-state index contributed by atoms with van der Waals surface area (Å²) in [4.78, 5) is 8.43. The van der Waals surface area contributed by atoms with Gasteiger partial charge in [-0.3, -0.25) is 4.98 Å². The van der Waals surface area contributed by atoms with Gasteiger partial charge >= 0.3 is 0 Å². The number of pyridine rings is 2. The maximum Gasteiger partial charge on any atom is 0.135 e. The Hall–Kier alpha value is -2.36. The predicted molar refractivity (Wildman–Crippen MR) is 70.3 cm³/mol. The molecule has 2 aromatic heterocycles. The summed E-state index contributed by atoms with van der Waals surface area (Å²) in [6, 6.07) is 7.43. The van der Waals surface area contributed by atoms with Crippen LogP contribution in [0.2, 0.25) is 0 Å². The molecular weight excluding hydrogens is 212 g/mol. The Balaban J connectivity index is 2.22.